The van der Waals surface area contributed by atoms with Gasteiger partial charge in [-0.2, -0.15) is 0 Å². The third-order valence-electron chi connectivity index (χ3n) is 4.30. The van der Waals surface area contributed by atoms with Gasteiger partial charge in [-0.3, -0.25) is 4.40 Å². The molecule has 4 rings (SSSR count). The van der Waals surface area contributed by atoms with Crippen LogP contribution in [0.2, 0.25) is 0 Å². The number of rotatable bonds is 3. The first kappa shape index (κ1) is 13.9. The summed E-state index contributed by atoms with van der Waals surface area (Å²) in [6, 6.07) is 6.67. The monoisotopic (exact) mass is 318 g/mol. The van der Waals surface area contributed by atoms with Gasteiger partial charge in [0, 0.05) is 17.1 Å². The number of thiazole rings is 1. The summed E-state index contributed by atoms with van der Waals surface area (Å²) >= 11 is 1.64. The number of piperazine rings is 1. The minimum Gasteiger partial charge on any atom is -0.337 e. The molecule has 4 nitrogen and oxygen atoms in total. The maximum atomic E-state index is 13.2. The van der Waals surface area contributed by atoms with Gasteiger partial charge >= 0.3 is 0 Å². The van der Waals surface area contributed by atoms with Crippen LogP contribution in [0, 0.1) is 5.82 Å². The van der Waals surface area contributed by atoms with Gasteiger partial charge in [0.25, 0.3) is 0 Å². The number of hydrogen-bond donors (Lipinski definition) is 2. The molecule has 1 saturated heterocycles. The van der Waals surface area contributed by atoms with E-state index in [9.17, 15) is 4.39 Å². The fourth-order valence-electron chi connectivity index (χ4n) is 3.14. The van der Waals surface area contributed by atoms with Crippen molar-refractivity contribution in [2.75, 3.05) is 26.2 Å². The minimum atomic E-state index is -0.205. The molecule has 0 bridgehead atoms. The van der Waals surface area contributed by atoms with Crippen LogP contribution in [-0.4, -0.2) is 35.6 Å². The lowest BCUT2D eigenvalue weighted by Gasteiger charge is -2.22. The molecule has 6 heteroatoms. The van der Waals surface area contributed by atoms with Crippen molar-refractivity contribution in [1.82, 2.24) is 9.38 Å². The molecule has 0 unspecified atom stereocenters. The Morgan fingerprint density at radius 1 is 1.23 bits per heavy atom. The zero-order chi connectivity index (χ0) is 14.9. The van der Waals surface area contributed by atoms with E-state index in [-0.39, 0.29) is 5.82 Å². The van der Waals surface area contributed by atoms with E-state index in [2.05, 4.69) is 21.3 Å². The molecule has 3 N–H and O–H groups in total. The molecule has 1 aliphatic heterocycles. The Balaban J connectivity index is 1.75. The standard InChI is InChI=1S/C16H17FN4S/c17-13-3-1-12(2-4-13)15-14(11-20-7-5-18-6-8-20)21-9-10-22-16(21)19-15/h1-4,9-10,18H,5-8,11H2/p+2. The van der Waals surface area contributed by atoms with Crippen LogP contribution in [0.4, 0.5) is 4.39 Å². The molecule has 0 aliphatic carbocycles. The minimum absolute atomic E-state index is 0.205. The van der Waals surface area contributed by atoms with Gasteiger partial charge in [-0.1, -0.05) is 0 Å². The van der Waals surface area contributed by atoms with Crippen LogP contribution in [0.3, 0.4) is 0 Å². The first-order valence-electron chi connectivity index (χ1n) is 7.67. The first-order valence-corrected chi connectivity index (χ1v) is 8.55. The van der Waals surface area contributed by atoms with E-state index >= 15 is 0 Å². The van der Waals surface area contributed by atoms with Gasteiger partial charge in [-0.15, -0.1) is 11.3 Å². The molecule has 22 heavy (non-hydrogen) atoms. The topological polar surface area (TPSA) is 38.4 Å². The Morgan fingerprint density at radius 2 is 2.00 bits per heavy atom. The summed E-state index contributed by atoms with van der Waals surface area (Å²) in [4.78, 5) is 7.38. The van der Waals surface area contributed by atoms with E-state index in [0.29, 0.717) is 0 Å². The number of nitrogens with two attached hydrogens (primary N) is 1. The Kier molecular flexibility index (Phi) is 3.65. The van der Waals surface area contributed by atoms with Crippen LogP contribution in [0.1, 0.15) is 5.69 Å². The molecule has 0 saturated carbocycles. The number of hydrogen-bond acceptors (Lipinski definition) is 2. The van der Waals surface area contributed by atoms with Crippen molar-refractivity contribution in [3.63, 3.8) is 0 Å². The van der Waals surface area contributed by atoms with Crippen molar-refractivity contribution in [3.8, 4) is 11.3 Å². The fourth-order valence-corrected chi connectivity index (χ4v) is 3.87. The smallest absolute Gasteiger partial charge is 0.194 e. The highest BCUT2D eigenvalue weighted by molar-refractivity contribution is 7.15. The third-order valence-corrected chi connectivity index (χ3v) is 5.06. The number of halogens is 1. The molecule has 2 aromatic heterocycles. The number of quaternary nitrogens is 2. The van der Waals surface area contributed by atoms with Gasteiger partial charge in [-0.05, 0) is 24.3 Å². The van der Waals surface area contributed by atoms with Gasteiger partial charge in [0.2, 0.25) is 0 Å². The Hall–Kier alpha value is -1.76. The maximum absolute atomic E-state index is 13.2. The lowest BCUT2D eigenvalue weighted by atomic mass is 10.1. The Labute approximate surface area is 132 Å². The number of fused-ring (bicyclic) bond motifs is 1. The van der Waals surface area contributed by atoms with Crippen molar-refractivity contribution < 1.29 is 14.6 Å². The van der Waals surface area contributed by atoms with Crippen LogP contribution in [-0.2, 0) is 6.54 Å². The lowest BCUT2D eigenvalue weighted by Crippen LogP contribution is -3.19. The van der Waals surface area contributed by atoms with Gasteiger partial charge in [-0.25, -0.2) is 9.37 Å². The number of imidazole rings is 1. The van der Waals surface area contributed by atoms with Crippen LogP contribution < -0.4 is 10.2 Å². The summed E-state index contributed by atoms with van der Waals surface area (Å²) in [6.07, 6.45) is 2.09. The molecule has 1 aromatic carbocycles. The van der Waals surface area contributed by atoms with E-state index < -0.39 is 0 Å². The average Bonchev–Trinajstić information content (AvgIpc) is 3.12. The quantitative estimate of drug-likeness (QED) is 0.710. The molecule has 1 aliphatic rings. The summed E-state index contributed by atoms with van der Waals surface area (Å²) in [7, 11) is 0. The number of nitrogens with one attached hydrogen (secondary N) is 1. The zero-order valence-electron chi connectivity index (χ0n) is 12.3. The second kappa shape index (κ2) is 5.79. The normalized spacial score (nSPS) is 16.4. The lowest BCUT2D eigenvalue weighted by molar-refractivity contribution is -0.958. The summed E-state index contributed by atoms with van der Waals surface area (Å²) < 4.78 is 15.4. The molecular weight excluding hydrogens is 299 g/mol. The second-order valence-corrected chi connectivity index (χ2v) is 6.64. The zero-order valence-corrected chi connectivity index (χ0v) is 13.1. The number of benzene rings is 1. The van der Waals surface area contributed by atoms with E-state index in [4.69, 9.17) is 4.98 Å². The molecule has 3 aromatic rings. The summed E-state index contributed by atoms with van der Waals surface area (Å²) in [5.41, 5.74) is 3.23. The molecule has 3 heterocycles. The molecule has 0 spiro atoms. The highest BCUT2D eigenvalue weighted by Gasteiger charge is 2.22. The number of nitrogens with zero attached hydrogens (tertiary/aromatic N) is 2. The highest BCUT2D eigenvalue weighted by Crippen LogP contribution is 2.26. The number of aromatic nitrogens is 2. The van der Waals surface area contributed by atoms with Gasteiger partial charge < -0.3 is 10.2 Å². The molecule has 114 valence electrons. The summed E-state index contributed by atoms with van der Waals surface area (Å²) in [5, 5.41) is 4.44. The Bertz CT molecular complexity index is 771. The molecule has 0 atom stereocenters. The summed E-state index contributed by atoms with van der Waals surface area (Å²) in [6.45, 7) is 5.71. The van der Waals surface area contributed by atoms with Crippen LogP contribution in [0.5, 0.6) is 0 Å². The van der Waals surface area contributed by atoms with Crippen molar-refractivity contribution in [3.05, 3.63) is 47.4 Å². The van der Waals surface area contributed by atoms with E-state index in [1.54, 1.807) is 16.2 Å². The summed E-state index contributed by atoms with van der Waals surface area (Å²) in [5.74, 6) is -0.205. The molecule has 0 radical (unpaired) electrons. The highest BCUT2D eigenvalue weighted by atomic mass is 32.1. The molecular formula is C16H19FN4S+2. The largest absolute Gasteiger partial charge is 0.337 e. The Morgan fingerprint density at radius 3 is 2.77 bits per heavy atom. The maximum Gasteiger partial charge on any atom is 0.194 e. The van der Waals surface area contributed by atoms with E-state index in [0.717, 1.165) is 22.8 Å². The van der Waals surface area contributed by atoms with E-state index in [1.807, 2.05) is 12.1 Å². The van der Waals surface area contributed by atoms with Gasteiger partial charge in [0.1, 0.15) is 44.2 Å². The third kappa shape index (κ3) is 2.54. The van der Waals surface area contributed by atoms with E-state index in [1.165, 1.54) is 44.0 Å². The predicted octanol–water partition coefficient (Wildman–Crippen LogP) is 0.164. The van der Waals surface area contributed by atoms with Crippen molar-refractivity contribution in [2.45, 2.75) is 6.54 Å². The fraction of sp³-hybridized carbons (Fsp3) is 0.312. The van der Waals surface area contributed by atoms with Crippen molar-refractivity contribution in [2.24, 2.45) is 0 Å². The van der Waals surface area contributed by atoms with Crippen molar-refractivity contribution in [1.29, 1.82) is 0 Å². The first-order chi connectivity index (χ1) is 10.8. The second-order valence-electron chi connectivity index (χ2n) is 5.76. The predicted molar refractivity (Wildman–Crippen MR) is 84.5 cm³/mol. The SMILES string of the molecule is Fc1ccc(-c2nc3sccn3c2C[NH+]2CC[NH2+]CC2)cc1. The molecule has 1 fully saturated rings. The average molecular weight is 318 g/mol. The van der Waals surface area contributed by atoms with Crippen molar-refractivity contribution >= 4 is 16.3 Å². The van der Waals surface area contributed by atoms with Crippen LogP contribution in [0.25, 0.3) is 16.2 Å². The van der Waals surface area contributed by atoms with Crippen LogP contribution in [0.15, 0.2) is 35.8 Å². The van der Waals surface area contributed by atoms with Crippen LogP contribution >= 0.6 is 11.3 Å². The van der Waals surface area contributed by atoms with Gasteiger partial charge in [0.05, 0.1) is 5.69 Å². The molecule has 0 amide bonds. The van der Waals surface area contributed by atoms with Gasteiger partial charge in [0.15, 0.2) is 4.96 Å².